The minimum atomic E-state index is -0.206. The normalized spacial score (nSPS) is 9.18. The maximum absolute atomic E-state index is 10.9. The van der Waals surface area contributed by atoms with Crippen LogP contribution >= 0.6 is 11.3 Å². The van der Waals surface area contributed by atoms with E-state index < -0.39 is 0 Å². The van der Waals surface area contributed by atoms with Crippen LogP contribution in [0.5, 0.6) is 0 Å². The lowest BCUT2D eigenvalue weighted by molar-refractivity contribution is 0.252. The molecule has 0 saturated carbocycles. The Kier molecular flexibility index (Phi) is 2.85. The number of nitrogens with one attached hydrogen (secondary N) is 2. The summed E-state index contributed by atoms with van der Waals surface area (Å²) in [7, 11) is 0. The van der Waals surface area contributed by atoms with Crippen molar-refractivity contribution in [2.75, 3.05) is 11.9 Å². The minimum absolute atomic E-state index is 0.206. The van der Waals surface area contributed by atoms with Gasteiger partial charge in [0.1, 0.15) is 0 Å². The molecule has 1 aromatic heterocycles. The molecule has 2 amide bonds. The van der Waals surface area contributed by atoms with Gasteiger partial charge in [0.25, 0.3) is 0 Å². The number of anilines is 1. The van der Waals surface area contributed by atoms with Gasteiger partial charge in [-0.25, -0.2) is 9.78 Å². The third-order valence-electron chi connectivity index (χ3n) is 0.990. The van der Waals surface area contributed by atoms with Crippen LogP contribution in [0.4, 0.5) is 9.93 Å². The van der Waals surface area contributed by atoms with Crippen LogP contribution < -0.4 is 10.6 Å². The van der Waals surface area contributed by atoms with Gasteiger partial charge in [0.2, 0.25) is 0 Å². The van der Waals surface area contributed by atoms with Gasteiger partial charge in [0.15, 0.2) is 5.13 Å². The van der Waals surface area contributed by atoms with Crippen molar-refractivity contribution in [1.82, 2.24) is 10.3 Å². The van der Waals surface area contributed by atoms with Gasteiger partial charge in [-0.05, 0) is 6.92 Å². The van der Waals surface area contributed by atoms with Crippen LogP contribution in [0.3, 0.4) is 0 Å². The molecule has 4 nitrogen and oxygen atoms in total. The van der Waals surface area contributed by atoms with Crippen LogP contribution in [0.1, 0.15) is 6.92 Å². The largest absolute Gasteiger partial charge is 0.338 e. The molecule has 0 aromatic carbocycles. The molecule has 0 unspecified atom stereocenters. The predicted octanol–water partition coefficient (Wildman–Crippen LogP) is 1.28. The van der Waals surface area contributed by atoms with Crippen molar-refractivity contribution >= 4 is 22.5 Å². The van der Waals surface area contributed by atoms with Gasteiger partial charge in [-0.3, -0.25) is 5.32 Å². The molecule has 5 heteroatoms. The summed E-state index contributed by atoms with van der Waals surface area (Å²) in [6, 6.07) is -0.206. The lowest BCUT2D eigenvalue weighted by Gasteiger charge is -2.00. The molecular formula is C6H9N3OS. The number of thiazole rings is 1. The monoisotopic (exact) mass is 171 g/mol. The van der Waals surface area contributed by atoms with Crippen molar-refractivity contribution in [3.05, 3.63) is 11.6 Å². The first kappa shape index (κ1) is 8.00. The first-order valence-corrected chi connectivity index (χ1v) is 4.15. The Balaban J connectivity index is 2.37. The molecule has 0 saturated heterocycles. The molecule has 0 bridgehead atoms. The lowest BCUT2D eigenvalue weighted by atomic mass is 10.7. The Hall–Kier alpha value is -1.10. The van der Waals surface area contributed by atoms with Crippen molar-refractivity contribution in [2.45, 2.75) is 6.92 Å². The first-order valence-electron chi connectivity index (χ1n) is 3.27. The molecule has 1 heterocycles. The van der Waals surface area contributed by atoms with Gasteiger partial charge >= 0.3 is 6.03 Å². The molecule has 0 aliphatic heterocycles. The van der Waals surface area contributed by atoms with Crippen LogP contribution in [0.25, 0.3) is 0 Å². The number of hydrogen-bond donors (Lipinski definition) is 2. The molecule has 2 N–H and O–H groups in total. The smallest absolute Gasteiger partial charge is 0.321 e. The second-order valence-corrected chi connectivity index (χ2v) is 2.72. The maximum Gasteiger partial charge on any atom is 0.321 e. The lowest BCUT2D eigenvalue weighted by Crippen LogP contribution is -2.28. The van der Waals surface area contributed by atoms with E-state index in [0.717, 1.165) is 0 Å². The minimum Gasteiger partial charge on any atom is -0.338 e. The van der Waals surface area contributed by atoms with Gasteiger partial charge in [0, 0.05) is 18.1 Å². The maximum atomic E-state index is 10.9. The molecule has 11 heavy (non-hydrogen) atoms. The van der Waals surface area contributed by atoms with Crippen LogP contribution in [0.15, 0.2) is 11.6 Å². The van der Waals surface area contributed by atoms with Gasteiger partial charge in [-0.1, -0.05) is 0 Å². The van der Waals surface area contributed by atoms with E-state index in [0.29, 0.717) is 11.7 Å². The summed E-state index contributed by atoms with van der Waals surface area (Å²) in [5, 5.41) is 7.61. The summed E-state index contributed by atoms with van der Waals surface area (Å²) in [4.78, 5) is 14.7. The zero-order chi connectivity index (χ0) is 8.10. The highest BCUT2D eigenvalue weighted by Crippen LogP contribution is 2.09. The fourth-order valence-corrected chi connectivity index (χ4v) is 1.11. The van der Waals surface area contributed by atoms with Gasteiger partial charge < -0.3 is 5.32 Å². The van der Waals surface area contributed by atoms with Crippen LogP contribution in [0, 0.1) is 0 Å². The molecule has 0 aliphatic rings. The number of carbonyl (C=O) groups excluding carboxylic acids is 1. The molecule has 1 rings (SSSR count). The SMILES string of the molecule is CCNC(=O)Nc1nccs1. The Labute approximate surface area is 68.6 Å². The van der Waals surface area contributed by atoms with E-state index in [9.17, 15) is 4.79 Å². The highest BCUT2D eigenvalue weighted by atomic mass is 32.1. The molecule has 0 spiro atoms. The summed E-state index contributed by atoms with van der Waals surface area (Å²) in [5.74, 6) is 0. The number of hydrogen-bond acceptors (Lipinski definition) is 3. The van der Waals surface area contributed by atoms with Crippen molar-refractivity contribution in [3.8, 4) is 0 Å². The molecule has 0 fully saturated rings. The Bertz CT molecular complexity index is 222. The van der Waals surface area contributed by atoms with E-state index in [4.69, 9.17) is 0 Å². The van der Waals surface area contributed by atoms with E-state index in [2.05, 4.69) is 15.6 Å². The van der Waals surface area contributed by atoms with Crippen molar-refractivity contribution in [2.24, 2.45) is 0 Å². The number of nitrogens with zero attached hydrogens (tertiary/aromatic N) is 1. The second-order valence-electron chi connectivity index (χ2n) is 1.82. The third-order valence-corrected chi connectivity index (χ3v) is 1.68. The van der Waals surface area contributed by atoms with Gasteiger partial charge in [-0.2, -0.15) is 0 Å². The van der Waals surface area contributed by atoms with E-state index in [1.54, 1.807) is 6.20 Å². The highest BCUT2D eigenvalue weighted by molar-refractivity contribution is 7.13. The van der Waals surface area contributed by atoms with Gasteiger partial charge in [0.05, 0.1) is 0 Å². The van der Waals surface area contributed by atoms with Crippen LogP contribution in [0.2, 0.25) is 0 Å². The predicted molar refractivity (Wildman–Crippen MR) is 44.8 cm³/mol. The fraction of sp³-hybridized carbons (Fsp3) is 0.333. The fourth-order valence-electron chi connectivity index (χ4n) is 0.587. The number of carbonyl (C=O) groups is 1. The van der Waals surface area contributed by atoms with Crippen molar-refractivity contribution in [3.63, 3.8) is 0 Å². The van der Waals surface area contributed by atoms with Crippen LogP contribution in [-0.2, 0) is 0 Å². The quantitative estimate of drug-likeness (QED) is 0.704. The van der Waals surface area contributed by atoms with E-state index >= 15 is 0 Å². The Morgan fingerprint density at radius 1 is 1.82 bits per heavy atom. The van der Waals surface area contributed by atoms with Crippen molar-refractivity contribution in [1.29, 1.82) is 0 Å². The number of urea groups is 1. The summed E-state index contributed by atoms with van der Waals surface area (Å²) >= 11 is 1.39. The molecular weight excluding hydrogens is 162 g/mol. The van der Waals surface area contributed by atoms with Crippen molar-refractivity contribution < 1.29 is 4.79 Å². The number of amides is 2. The average molecular weight is 171 g/mol. The number of aromatic nitrogens is 1. The third kappa shape index (κ3) is 2.55. The summed E-state index contributed by atoms with van der Waals surface area (Å²) in [6.07, 6.45) is 1.65. The van der Waals surface area contributed by atoms with E-state index in [1.165, 1.54) is 11.3 Å². The summed E-state index contributed by atoms with van der Waals surface area (Å²) in [5.41, 5.74) is 0. The molecule has 0 atom stereocenters. The summed E-state index contributed by atoms with van der Waals surface area (Å²) < 4.78 is 0. The molecule has 0 radical (unpaired) electrons. The molecule has 60 valence electrons. The summed E-state index contributed by atoms with van der Waals surface area (Å²) in [6.45, 7) is 2.48. The van der Waals surface area contributed by atoms with Crippen LogP contribution in [-0.4, -0.2) is 17.6 Å². The first-order chi connectivity index (χ1) is 5.33. The van der Waals surface area contributed by atoms with Gasteiger partial charge in [-0.15, -0.1) is 11.3 Å². The second kappa shape index (κ2) is 3.92. The average Bonchev–Trinajstić information content (AvgIpc) is 2.40. The highest BCUT2D eigenvalue weighted by Gasteiger charge is 1.99. The zero-order valence-electron chi connectivity index (χ0n) is 6.13. The standard InChI is InChI=1S/C6H9N3OS/c1-2-7-5(10)9-6-8-3-4-11-6/h3-4H,2H2,1H3,(H2,7,8,9,10). The Morgan fingerprint density at radius 3 is 3.18 bits per heavy atom. The Morgan fingerprint density at radius 2 is 2.64 bits per heavy atom. The number of rotatable bonds is 2. The topological polar surface area (TPSA) is 54.0 Å². The van der Waals surface area contributed by atoms with E-state index in [-0.39, 0.29) is 6.03 Å². The van der Waals surface area contributed by atoms with E-state index in [1.807, 2.05) is 12.3 Å². The molecule has 0 aliphatic carbocycles. The molecule has 1 aromatic rings. The zero-order valence-corrected chi connectivity index (χ0v) is 6.94.